The summed E-state index contributed by atoms with van der Waals surface area (Å²) < 4.78 is 0. The third kappa shape index (κ3) is 4.31. The molecular weight excluding hydrogens is 286 g/mol. The van der Waals surface area contributed by atoms with Crippen molar-refractivity contribution in [2.24, 2.45) is 0 Å². The van der Waals surface area contributed by atoms with Gasteiger partial charge < -0.3 is 10.6 Å². The molecule has 0 aliphatic carbocycles. The molecule has 2 rings (SSSR count). The number of hydrogen-bond acceptors (Lipinski definition) is 3. The van der Waals surface area contributed by atoms with Crippen molar-refractivity contribution in [2.45, 2.75) is 40.0 Å². The maximum absolute atomic E-state index is 12.6. The van der Waals surface area contributed by atoms with E-state index in [2.05, 4.69) is 48.5 Å². The minimum Gasteiger partial charge on any atom is -0.370 e. The van der Waals surface area contributed by atoms with Gasteiger partial charge in [0.05, 0.1) is 0 Å². The number of amides is 1. The van der Waals surface area contributed by atoms with Crippen molar-refractivity contribution >= 4 is 17.4 Å². The monoisotopic (exact) mass is 311 g/mol. The van der Waals surface area contributed by atoms with Crippen LogP contribution in [0, 0.1) is 0 Å². The lowest BCUT2D eigenvalue weighted by Gasteiger charge is -2.14. The lowest BCUT2D eigenvalue weighted by atomic mass is 10.0. The second kappa shape index (κ2) is 8.32. The molecule has 1 heterocycles. The summed E-state index contributed by atoms with van der Waals surface area (Å²) in [5, 5.41) is 6.29. The summed E-state index contributed by atoms with van der Waals surface area (Å²) in [6.07, 6.45) is 4.47. The van der Waals surface area contributed by atoms with E-state index in [-0.39, 0.29) is 5.91 Å². The Balaban J connectivity index is 2.22. The number of nitrogens with zero attached hydrogens (tertiary/aromatic N) is 1. The molecule has 0 spiro atoms. The van der Waals surface area contributed by atoms with Crippen LogP contribution in [0.1, 0.15) is 48.7 Å². The number of carbonyl (C=O) groups is 1. The topological polar surface area (TPSA) is 54.0 Å². The fourth-order valence-electron chi connectivity index (χ4n) is 2.51. The zero-order chi connectivity index (χ0) is 16.7. The second-order valence-corrected chi connectivity index (χ2v) is 5.47. The summed E-state index contributed by atoms with van der Waals surface area (Å²) in [7, 11) is 0. The first kappa shape index (κ1) is 17.0. The van der Waals surface area contributed by atoms with Crippen LogP contribution in [0.15, 0.2) is 36.5 Å². The highest BCUT2D eigenvalue weighted by atomic mass is 16.1. The summed E-state index contributed by atoms with van der Waals surface area (Å²) in [5.74, 6) is 0.640. The van der Waals surface area contributed by atoms with Gasteiger partial charge in [-0.25, -0.2) is 4.98 Å². The maximum atomic E-state index is 12.6. The fourth-order valence-corrected chi connectivity index (χ4v) is 2.51. The molecule has 0 aliphatic heterocycles. The quantitative estimate of drug-likeness (QED) is 0.802. The van der Waals surface area contributed by atoms with Crippen molar-refractivity contribution in [1.29, 1.82) is 0 Å². The van der Waals surface area contributed by atoms with Crippen LogP contribution in [0.2, 0.25) is 0 Å². The number of para-hydroxylation sites is 1. The SMILES string of the molecule is CCCNc1cc(C(=O)Nc2c(CC)cccc2CC)ccn1. The Morgan fingerprint density at radius 2 is 1.78 bits per heavy atom. The van der Waals surface area contributed by atoms with E-state index in [1.807, 2.05) is 6.07 Å². The molecule has 0 unspecified atom stereocenters. The number of pyridine rings is 1. The molecule has 4 nitrogen and oxygen atoms in total. The van der Waals surface area contributed by atoms with Crippen LogP contribution in [0.25, 0.3) is 0 Å². The van der Waals surface area contributed by atoms with E-state index in [4.69, 9.17) is 0 Å². The van der Waals surface area contributed by atoms with E-state index < -0.39 is 0 Å². The number of rotatable bonds is 7. The Morgan fingerprint density at radius 1 is 1.09 bits per heavy atom. The fraction of sp³-hybridized carbons (Fsp3) is 0.368. The first-order valence-electron chi connectivity index (χ1n) is 8.31. The van der Waals surface area contributed by atoms with Crippen LogP contribution >= 0.6 is 0 Å². The second-order valence-electron chi connectivity index (χ2n) is 5.47. The average Bonchev–Trinajstić information content (AvgIpc) is 2.60. The molecule has 0 saturated heterocycles. The Kier molecular flexibility index (Phi) is 6.15. The number of anilines is 2. The normalized spacial score (nSPS) is 10.4. The molecule has 0 radical (unpaired) electrons. The van der Waals surface area contributed by atoms with E-state index >= 15 is 0 Å². The Morgan fingerprint density at radius 3 is 2.39 bits per heavy atom. The highest BCUT2D eigenvalue weighted by Crippen LogP contribution is 2.23. The molecule has 1 amide bonds. The van der Waals surface area contributed by atoms with Gasteiger partial charge in [-0.15, -0.1) is 0 Å². The highest BCUT2D eigenvalue weighted by molar-refractivity contribution is 6.05. The number of aromatic nitrogens is 1. The third-order valence-corrected chi connectivity index (χ3v) is 3.82. The average molecular weight is 311 g/mol. The van der Waals surface area contributed by atoms with Crippen molar-refractivity contribution in [3.8, 4) is 0 Å². The maximum Gasteiger partial charge on any atom is 0.255 e. The van der Waals surface area contributed by atoms with Gasteiger partial charge in [0.2, 0.25) is 0 Å². The summed E-state index contributed by atoms with van der Waals surface area (Å²) in [4.78, 5) is 16.9. The summed E-state index contributed by atoms with van der Waals surface area (Å²) >= 11 is 0. The van der Waals surface area contributed by atoms with Crippen molar-refractivity contribution < 1.29 is 4.79 Å². The molecule has 23 heavy (non-hydrogen) atoms. The van der Waals surface area contributed by atoms with Gasteiger partial charge in [-0.3, -0.25) is 4.79 Å². The van der Waals surface area contributed by atoms with Gasteiger partial charge in [-0.2, -0.15) is 0 Å². The molecule has 0 saturated carbocycles. The summed E-state index contributed by atoms with van der Waals surface area (Å²) in [6.45, 7) is 7.14. The van der Waals surface area contributed by atoms with E-state index in [9.17, 15) is 4.79 Å². The molecule has 0 atom stereocenters. The highest BCUT2D eigenvalue weighted by Gasteiger charge is 2.12. The van der Waals surface area contributed by atoms with Gasteiger partial charge >= 0.3 is 0 Å². The summed E-state index contributed by atoms with van der Waals surface area (Å²) in [6, 6.07) is 9.72. The molecule has 122 valence electrons. The van der Waals surface area contributed by atoms with Gasteiger partial charge in [0.15, 0.2) is 0 Å². The van der Waals surface area contributed by atoms with Crippen LogP contribution in [0.5, 0.6) is 0 Å². The molecule has 2 N–H and O–H groups in total. The smallest absolute Gasteiger partial charge is 0.255 e. The molecule has 1 aromatic carbocycles. The van der Waals surface area contributed by atoms with E-state index in [0.29, 0.717) is 5.56 Å². The standard InChI is InChI=1S/C19H25N3O/c1-4-11-20-17-13-16(10-12-21-17)19(23)22-18-14(5-2)8-7-9-15(18)6-3/h7-10,12-13H,4-6,11H2,1-3H3,(H,20,21)(H,22,23). The van der Waals surface area contributed by atoms with Crippen LogP contribution in [-0.2, 0) is 12.8 Å². The summed E-state index contributed by atoms with van der Waals surface area (Å²) in [5.41, 5.74) is 3.89. The van der Waals surface area contributed by atoms with Gasteiger partial charge in [-0.05, 0) is 42.5 Å². The molecule has 4 heteroatoms. The number of benzene rings is 1. The number of aryl methyl sites for hydroxylation is 2. The minimum absolute atomic E-state index is 0.0949. The van der Waals surface area contributed by atoms with Crippen LogP contribution in [-0.4, -0.2) is 17.4 Å². The van der Waals surface area contributed by atoms with Crippen LogP contribution in [0.3, 0.4) is 0 Å². The van der Waals surface area contributed by atoms with Crippen molar-refractivity contribution in [2.75, 3.05) is 17.2 Å². The molecule has 0 bridgehead atoms. The Bertz CT molecular complexity index is 645. The van der Waals surface area contributed by atoms with Crippen LogP contribution in [0.4, 0.5) is 11.5 Å². The largest absolute Gasteiger partial charge is 0.370 e. The molecule has 2 aromatic rings. The molecule has 1 aromatic heterocycles. The van der Waals surface area contributed by atoms with Crippen molar-refractivity contribution in [1.82, 2.24) is 4.98 Å². The number of carbonyl (C=O) groups excluding carboxylic acids is 1. The number of nitrogens with one attached hydrogen (secondary N) is 2. The van der Waals surface area contributed by atoms with Gasteiger partial charge in [0.1, 0.15) is 5.82 Å². The van der Waals surface area contributed by atoms with Gasteiger partial charge in [0, 0.05) is 24.0 Å². The lowest BCUT2D eigenvalue weighted by Crippen LogP contribution is -2.15. The zero-order valence-corrected chi connectivity index (χ0v) is 14.1. The molecule has 0 fully saturated rings. The van der Waals surface area contributed by atoms with E-state index in [1.54, 1.807) is 18.3 Å². The first-order chi connectivity index (χ1) is 11.2. The molecule has 0 aliphatic rings. The first-order valence-corrected chi connectivity index (χ1v) is 8.31. The zero-order valence-electron chi connectivity index (χ0n) is 14.1. The minimum atomic E-state index is -0.0949. The van der Waals surface area contributed by atoms with E-state index in [1.165, 1.54) is 0 Å². The predicted octanol–water partition coefficient (Wildman–Crippen LogP) is 4.28. The third-order valence-electron chi connectivity index (χ3n) is 3.82. The Labute approximate surface area is 138 Å². The van der Waals surface area contributed by atoms with Crippen LogP contribution < -0.4 is 10.6 Å². The van der Waals surface area contributed by atoms with Crippen molar-refractivity contribution in [3.63, 3.8) is 0 Å². The van der Waals surface area contributed by atoms with Crippen molar-refractivity contribution in [3.05, 3.63) is 53.2 Å². The number of hydrogen-bond donors (Lipinski definition) is 2. The van der Waals surface area contributed by atoms with Gasteiger partial charge in [0.25, 0.3) is 5.91 Å². The predicted molar refractivity (Wildman–Crippen MR) is 96.2 cm³/mol. The Hall–Kier alpha value is -2.36. The lowest BCUT2D eigenvalue weighted by molar-refractivity contribution is 0.102. The molecular formula is C19H25N3O. The van der Waals surface area contributed by atoms with E-state index in [0.717, 1.165) is 48.4 Å². The van der Waals surface area contributed by atoms with Gasteiger partial charge in [-0.1, -0.05) is 39.0 Å².